The lowest BCUT2D eigenvalue weighted by atomic mass is 9.88. The highest BCUT2D eigenvalue weighted by molar-refractivity contribution is 5.87. The van der Waals surface area contributed by atoms with Gasteiger partial charge in [-0.1, -0.05) is 12.1 Å². The number of pyridine rings is 1. The van der Waals surface area contributed by atoms with Crippen molar-refractivity contribution < 1.29 is 36.6 Å². The van der Waals surface area contributed by atoms with E-state index in [1.165, 1.54) is 36.4 Å². The van der Waals surface area contributed by atoms with Gasteiger partial charge in [0.2, 0.25) is 5.88 Å². The van der Waals surface area contributed by atoms with Gasteiger partial charge in [-0.3, -0.25) is 0 Å². The Labute approximate surface area is 144 Å². The number of nitrogens with zero attached hydrogens (tertiary/aromatic N) is 1. The fraction of sp³-hybridized carbons (Fsp3) is 0.294. The molecule has 1 heterocycles. The van der Waals surface area contributed by atoms with Gasteiger partial charge >= 0.3 is 18.1 Å². The van der Waals surface area contributed by atoms with Crippen LogP contribution in [0.4, 0.5) is 22.0 Å². The highest BCUT2D eigenvalue weighted by Crippen LogP contribution is 2.63. The van der Waals surface area contributed by atoms with Crippen LogP contribution in [0.3, 0.4) is 0 Å². The number of aromatic carboxylic acids is 1. The van der Waals surface area contributed by atoms with Gasteiger partial charge in [-0.15, -0.1) is 0 Å². The topological polar surface area (TPSA) is 59.4 Å². The van der Waals surface area contributed by atoms with Crippen molar-refractivity contribution in [2.24, 2.45) is 0 Å². The van der Waals surface area contributed by atoms with E-state index in [9.17, 15) is 26.7 Å². The molecule has 1 aliphatic carbocycles. The predicted molar refractivity (Wildman–Crippen MR) is 79.6 cm³/mol. The lowest BCUT2D eigenvalue weighted by Crippen LogP contribution is -2.47. The van der Waals surface area contributed by atoms with Crippen molar-refractivity contribution in [1.82, 2.24) is 4.98 Å². The molecule has 1 N–H and O–H groups in total. The molecule has 4 nitrogen and oxygen atoms in total. The van der Waals surface area contributed by atoms with Crippen molar-refractivity contribution in [1.29, 1.82) is 0 Å². The van der Waals surface area contributed by atoms with Crippen molar-refractivity contribution in [3.63, 3.8) is 0 Å². The Balaban J connectivity index is 1.78. The average molecular weight is 373 g/mol. The Morgan fingerprint density at radius 3 is 2.08 bits per heavy atom. The lowest BCUT2D eigenvalue weighted by molar-refractivity contribution is -0.296. The third kappa shape index (κ3) is 2.97. The van der Waals surface area contributed by atoms with Crippen LogP contribution in [-0.4, -0.2) is 28.2 Å². The van der Waals surface area contributed by atoms with Crippen LogP contribution in [0.5, 0.6) is 11.6 Å². The maximum Gasteiger partial charge on any atom is 0.454 e. The van der Waals surface area contributed by atoms with Crippen molar-refractivity contribution in [2.75, 3.05) is 0 Å². The summed E-state index contributed by atoms with van der Waals surface area (Å²) >= 11 is 0. The summed E-state index contributed by atoms with van der Waals surface area (Å²) in [4.78, 5) is 14.5. The first-order valence-electron chi connectivity index (χ1n) is 7.49. The van der Waals surface area contributed by atoms with Crippen LogP contribution < -0.4 is 4.74 Å². The zero-order valence-corrected chi connectivity index (χ0v) is 13.1. The van der Waals surface area contributed by atoms with Gasteiger partial charge in [-0.25, -0.2) is 9.78 Å². The van der Waals surface area contributed by atoms with E-state index in [-0.39, 0.29) is 35.6 Å². The second-order valence-corrected chi connectivity index (χ2v) is 5.97. The molecule has 0 amide bonds. The van der Waals surface area contributed by atoms with E-state index < -0.39 is 23.5 Å². The summed E-state index contributed by atoms with van der Waals surface area (Å²) in [5, 5.41) is 8.78. The molecule has 26 heavy (non-hydrogen) atoms. The van der Waals surface area contributed by atoms with Gasteiger partial charge in [0.1, 0.15) is 5.75 Å². The molecule has 0 saturated heterocycles. The summed E-state index contributed by atoms with van der Waals surface area (Å²) in [5.41, 5.74) is -2.38. The van der Waals surface area contributed by atoms with Crippen molar-refractivity contribution in [3.8, 4) is 11.6 Å². The summed E-state index contributed by atoms with van der Waals surface area (Å²) in [6.07, 6.45) is -5.04. The zero-order valence-electron chi connectivity index (χ0n) is 13.1. The van der Waals surface area contributed by atoms with Crippen molar-refractivity contribution in [2.45, 2.75) is 30.4 Å². The molecular formula is C17H12F5NO3. The van der Waals surface area contributed by atoms with Crippen LogP contribution >= 0.6 is 0 Å². The van der Waals surface area contributed by atoms with Crippen LogP contribution in [0.25, 0.3) is 0 Å². The lowest BCUT2D eigenvalue weighted by Gasteiger charge is -2.29. The van der Waals surface area contributed by atoms with Crippen LogP contribution in [0, 0.1) is 0 Å². The second-order valence-electron chi connectivity index (χ2n) is 5.97. The summed E-state index contributed by atoms with van der Waals surface area (Å²) in [6, 6.07) is 7.46. The number of aromatic nitrogens is 1. The minimum Gasteiger partial charge on any atom is -0.478 e. The first-order chi connectivity index (χ1) is 12.1. The Morgan fingerprint density at radius 2 is 1.65 bits per heavy atom. The second kappa shape index (κ2) is 5.93. The maximum atomic E-state index is 13.8. The molecular weight excluding hydrogens is 361 g/mol. The van der Waals surface area contributed by atoms with Crippen molar-refractivity contribution in [3.05, 3.63) is 53.7 Å². The molecule has 0 aliphatic heterocycles. The first-order valence-corrected chi connectivity index (χ1v) is 7.49. The number of hydrogen-bond acceptors (Lipinski definition) is 3. The zero-order chi connectivity index (χ0) is 19.2. The third-order valence-electron chi connectivity index (χ3n) is 4.32. The largest absolute Gasteiger partial charge is 0.478 e. The van der Waals surface area contributed by atoms with Gasteiger partial charge < -0.3 is 9.84 Å². The Kier molecular flexibility index (Phi) is 4.12. The molecule has 0 bridgehead atoms. The number of carboxylic acids is 1. The molecule has 0 atom stereocenters. The molecule has 2 aromatic rings. The molecule has 0 spiro atoms. The molecule has 1 aromatic carbocycles. The SMILES string of the molecule is O=C(O)c1ccc(Oc2ccc(C3(C(F)(F)C(F)(F)F)CC3)cc2)nc1. The number of ether oxygens (including phenoxy) is 1. The molecule has 9 heteroatoms. The summed E-state index contributed by atoms with van der Waals surface area (Å²) in [7, 11) is 0. The Morgan fingerprint density at radius 1 is 1.04 bits per heavy atom. The van der Waals surface area contributed by atoms with Gasteiger partial charge in [-0.2, -0.15) is 22.0 Å². The molecule has 138 valence electrons. The molecule has 1 aliphatic rings. The maximum absolute atomic E-state index is 13.8. The quantitative estimate of drug-likeness (QED) is 0.765. The third-order valence-corrected chi connectivity index (χ3v) is 4.32. The number of rotatable bonds is 5. The number of benzene rings is 1. The molecule has 1 saturated carbocycles. The van der Waals surface area contributed by atoms with E-state index in [1.54, 1.807) is 0 Å². The summed E-state index contributed by atoms with van der Waals surface area (Å²) in [5.74, 6) is -5.73. The van der Waals surface area contributed by atoms with E-state index in [2.05, 4.69) is 4.98 Å². The monoisotopic (exact) mass is 373 g/mol. The summed E-state index contributed by atoms with van der Waals surface area (Å²) in [6.45, 7) is 0. The molecule has 3 rings (SSSR count). The number of alkyl halides is 5. The minimum atomic E-state index is -5.62. The van der Waals surface area contributed by atoms with E-state index in [1.807, 2.05) is 0 Å². The number of carbonyl (C=O) groups is 1. The Hall–Kier alpha value is -2.71. The number of hydrogen-bond donors (Lipinski definition) is 1. The van der Waals surface area contributed by atoms with Gasteiger partial charge in [-0.05, 0) is 36.6 Å². The van der Waals surface area contributed by atoms with E-state index in [0.29, 0.717) is 0 Å². The smallest absolute Gasteiger partial charge is 0.454 e. The Bertz CT molecular complexity index is 812. The van der Waals surface area contributed by atoms with Gasteiger partial charge in [0.15, 0.2) is 0 Å². The average Bonchev–Trinajstić information content (AvgIpc) is 3.37. The summed E-state index contributed by atoms with van der Waals surface area (Å²) < 4.78 is 71.0. The predicted octanol–water partition coefficient (Wildman–Crippen LogP) is 4.80. The molecule has 0 unspecified atom stereocenters. The van der Waals surface area contributed by atoms with Gasteiger partial charge in [0, 0.05) is 12.3 Å². The van der Waals surface area contributed by atoms with E-state index in [0.717, 1.165) is 6.20 Å². The minimum absolute atomic E-state index is 0.0437. The van der Waals surface area contributed by atoms with Crippen LogP contribution in [-0.2, 0) is 5.41 Å². The van der Waals surface area contributed by atoms with Gasteiger partial charge in [0.05, 0.1) is 11.0 Å². The van der Waals surface area contributed by atoms with Crippen LogP contribution in [0.2, 0.25) is 0 Å². The molecule has 1 aromatic heterocycles. The molecule has 1 fully saturated rings. The number of halogens is 5. The van der Waals surface area contributed by atoms with E-state index in [4.69, 9.17) is 9.84 Å². The normalized spacial score (nSPS) is 16.2. The van der Waals surface area contributed by atoms with Gasteiger partial charge in [0.25, 0.3) is 0 Å². The number of carboxylic acid groups (broad SMARTS) is 1. The highest BCUT2D eigenvalue weighted by Gasteiger charge is 2.75. The fourth-order valence-corrected chi connectivity index (χ4v) is 2.71. The van der Waals surface area contributed by atoms with E-state index >= 15 is 0 Å². The highest BCUT2D eigenvalue weighted by atomic mass is 19.4. The fourth-order valence-electron chi connectivity index (χ4n) is 2.71. The standard InChI is InChI=1S/C17H12F5NO3/c18-16(19,17(20,21)22)15(7-8-15)11-2-4-12(5-3-11)26-13-6-1-10(9-23-13)14(24)25/h1-6,9H,7-8H2,(H,24,25). The van der Waals surface area contributed by atoms with Crippen molar-refractivity contribution >= 4 is 5.97 Å². The molecule has 0 radical (unpaired) electrons. The van der Waals surface area contributed by atoms with Crippen LogP contribution in [0.1, 0.15) is 28.8 Å². The first kappa shape index (κ1) is 18.1. The van der Waals surface area contributed by atoms with Crippen LogP contribution in [0.15, 0.2) is 42.6 Å².